The van der Waals surface area contributed by atoms with Crippen molar-refractivity contribution in [2.45, 2.75) is 19.9 Å². The van der Waals surface area contributed by atoms with Crippen molar-refractivity contribution in [3.05, 3.63) is 11.2 Å². The number of aromatic nitrogens is 2. The van der Waals surface area contributed by atoms with E-state index in [0.717, 1.165) is 11.5 Å². The number of thioether (sulfide) groups is 1. The van der Waals surface area contributed by atoms with Gasteiger partial charge in [0.05, 0.1) is 6.20 Å². The molecule has 0 radical (unpaired) electrons. The van der Waals surface area contributed by atoms with Crippen LogP contribution in [0.3, 0.4) is 0 Å². The molecule has 6 heteroatoms. The number of halogens is 1. The Bertz CT molecular complexity index is 335. The van der Waals surface area contributed by atoms with Gasteiger partial charge in [-0.1, -0.05) is 18.5 Å². The van der Waals surface area contributed by atoms with E-state index in [1.807, 2.05) is 11.8 Å². The predicted octanol–water partition coefficient (Wildman–Crippen LogP) is 2.73. The van der Waals surface area contributed by atoms with Crippen molar-refractivity contribution in [3.63, 3.8) is 0 Å². The van der Waals surface area contributed by atoms with E-state index >= 15 is 0 Å². The average molecular weight is 261 g/mol. The van der Waals surface area contributed by atoms with Gasteiger partial charge in [-0.15, -0.1) is 0 Å². The second-order valence-electron chi connectivity index (χ2n) is 3.35. The summed E-state index contributed by atoms with van der Waals surface area (Å²) in [5.74, 6) is 3.41. The summed E-state index contributed by atoms with van der Waals surface area (Å²) in [5.41, 5.74) is 0. The van der Waals surface area contributed by atoms with Gasteiger partial charge in [0.15, 0.2) is 5.82 Å². The Kier molecular flexibility index (Phi) is 5.69. The summed E-state index contributed by atoms with van der Waals surface area (Å²) >= 11 is 7.90. The van der Waals surface area contributed by atoms with Crippen molar-refractivity contribution >= 4 is 35.1 Å². The highest BCUT2D eigenvalue weighted by atomic mass is 35.5. The largest absolute Gasteiger partial charge is 0.365 e. The monoisotopic (exact) mass is 260 g/mol. The third kappa shape index (κ3) is 4.06. The van der Waals surface area contributed by atoms with Crippen molar-refractivity contribution in [1.29, 1.82) is 0 Å². The van der Waals surface area contributed by atoms with Gasteiger partial charge in [-0.05, 0) is 12.7 Å². The quantitative estimate of drug-likeness (QED) is 0.824. The Hall–Kier alpha value is -0.680. The van der Waals surface area contributed by atoms with E-state index in [-0.39, 0.29) is 0 Å². The molecule has 4 nitrogen and oxygen atoms in total. The van der Waals surface area contributed by atoms with Crippen molar-refractivity contribution in [2.24, 2.45) is 0 Å². The summed E-state index contributed by atoms with van der Waals surface area (Å²) in [6.45, 7) is 4.26. The molecule has 0 aromatic carbocycles. The molecule has 1 aromatic heterocycles. The molecule has 1 heterocycles. The second kappa shape index (κ2) is 6.81. The van der Waals surface area contributed by atoms with Crippen molar-refractivity contribution in [1.82, 2.24) is 9.97 Å². The number of nitrogens with one attached hydrogen (secondary N) is 2. The van der Waals surface area contributed by atoms with Crippen LogP contribution in [-0.4, -0.2) is 34.6 Å². The van der Waals surface area contributed by atoms with Crippen LogP contribution >= 0.6 is 23.4 Å². The Labute approximate surface area is 106 Å². The number of nitrogens with zero attached hydrogens (tertiary/aromatic N) is 2. The van der Waals surface area contributed by atoms with Gasteiger partial charge in [0.25, 0.3) is 0 Å². The molecule has 0 amide bonds. The first-order valence-electron chi connectivity index (χ1n) is 5.22. The van der Waals surface area contributed by atoms with Gasteiger partial charge in [0.2, 0.25) is 5.95 Å². The Morgan fingerprint density at radius 1 is 1.56 bits per heavy atom. The number of rotatable bonds is 6. The molecule has 0 aliphatic rings. The molecule has 1 unspecified atom stereocenters. The molecular formula is C10H17ClN4S. The van der Waals surface area contributed by atoms with Gasteiger partial charge in [-0.3, -0.25) is 0 Å². The molecule has 16 heavy (non-hydrogen) atoms. The number of hydrogen-bond donors (Lipinski definition) is 2. The Balaban J connectivity index is 2.64. The predicted molar refractivity (Wildman–Crippen MR) is 72.7 cm³/mol. The lowest BCUT2D eigenvalue weighted by atomic mass is 10.4. The highest BCUT2D eigenvalue weighted by molar-refractivity contribution is 7.99. The molecule has 1 atom stereocenters. The minimum Gasteiger partial charge on any atom is -0.365 e. The van der Waals surface area contributed by atoms with Crippen LogP contribution in [0.25, 0.3) is 0 Å². The summed E-state index contributed by atoms with van der Waals surface area (Å²) < 4.78 is 0. The van der Waals surface area contributed by atoms with E-state index < -0.39 is 0 Å². The van der Waals surface area contributed by atoms with Crippen LogP contribution in [0.1, 0.15) is 13.8 Å². The molecule has 1 rings (SSSR count). The van der Waals surface area contributed by atoms with E-state index in [0.29, 0.717) is 22.8 Å². The average Bonchev–Trinajstić information content (AvgIpc) is 2.29. The second-order valence-corrected chi connectivity index (χ2v) is 5.07. The zero-order valence-electron chi connectivity index (χ0n) is 9.75. The van der Waals surface area contributed by atoms with E-state index in [1.54, 1.807) is 13.2 Å². The lowest BCUT2D eigenvalue weighted by molar-refractivity contribution is 0.899. The summed E-state index contributed by atoms with van der Waals surface area (Å²) in [4.78, 5) is 8.29. The van der Waals surface area contributed by atoms with Crippen LogP contribution in [0, 0.1) is 0 Å². The van der Waals surface area contributed by atoms with E-state index in [1.165, 1.54) is 0 Å². The highest BCUT2D eigenvalue weighted by Gasteiger charge is 2.08. The maximum absolute atomic E-state index is 6.01. The molecule has 0 spiro atoms. The fourth-order valence-corrected chi connectivity index (χ4v) is 1.98. The SMILES string of the molecule is CCSCC(C)Nc1nc(NC)ncc1Cl. The molecule has 0 aliphatic heterocycles. The van der Waals surface area contributed by atoms with E-state index in [4.69, 9.17) is 11.6 Å². The van der Waals surface area contributed by atoms with Crippen LogP contribution in [0.2, 0.25) is 5.02 Å². The number of anilines is 2. The molecule has 0 fully saturated rings. The fourth-order valence-electron chi connectivity index (χ4n) is 1.16. The first-order valence-corrected chi connectivity index (χ1v) is 6.75. The maximum atomic E-state index is 6.01. The lowest BCUT2D eigenvalue weighted by Gasteiger charge is -2.15. The molecule has 0 aliphatic carbocycles. The smallest absolute Gasteiger partial charge is 0.224 e. The van der Waals surface area contributed by atoms with Gasteiger partial charge in [-0.25, -0.2) is 4.98 Å². The van der Waals surface area contributed by atoms with Crippen LogP contribution in [0.4, 0.5) is 11.8 Å². The van der Waals surface area contributed by atoms with Gasteiger partial charge in [-0.2, -0.15) is 16.7 Å². The van der Waals surface area contributed by atoms with Crippen LogP contribution in [-0.2, 0) is 0 Å². The van der Waals surface area contributed by atoms with Crippen LogP contribution in [0.15, 0.2) is 6.20 Å². The summed E-state index contributed by atoms with van der Waals surface area (Å²) in [6.07, 6.45) is 1.60. The van der Waals surface area contributed by atoms with E-state index in [2.05, 4.69) is 34.4 Å². The minimum atomic E-state index is 0.335. The Morgan fingerprint density at radius 2 is 2.31 bits per heavy atom. The highest BCUT2D eigenvalue weighted by Crippen LogP contribution is 2.20. The van der Waals surface area contributed by atoms with Gasteiger partial charge >= 0.3 is 0 Å². The normalized spacial score (nSPS) is 12.2. The van der Waals surface area contributed by atoms with Crippen LogP contribution in [0.5, 0.6) is 0 Å². The third-order valence-electron chi connectivity index (χ3n) is 1.92. The minimum absolute atomic E-state index is 0.335. The first-order chi connectivity index (χ1) is 7.67. The molecule has 0 saturated carbocycles. The van der Waals surface area contributed by atoms with Gasteiger partial charge in [0.1, 0.15) is 5.02 Å². The molecule has 1 aromatic rings. The third-order valence-corrected chi connectivity index (χ3v) is 3.34. The fraction of sp³-hybridized carbons (Fsp3) is 0.600. The van der Waals surface area contributed by atoms with E-state index in [9.17, 15) is 0 Å². The summed E-state index contributed by atoms with van der Waals surface area (Å²) in [5, 5.41) is 6.71. The number of hydrogen-bond acceptors (Lipinski definition) is 5. The van der Waals surface area contributed by atoms with Gasteiger partial charge in [0, 0.05) is 18.8 Å². The molecule has 90 valence electrons. The maximum Gasteiger partial charge on any atom is 0.224 e. The summed E-state index contributed by atoms with van der Waals surface area (Å²) in [6, 6.07) is 0.335. The Morgan fingerprint density at radius 3 is 2.94 bits per heavy atom. The zero-order valence-corrected chi connectivity index (χ0v) is 11.3. The molecule has 0 saturated heterocycles. The van der Waals surface area contributed by atoms with Crippen molar-refractivity contribution in [3.8, 4) is 0 Å². The van der Waals surface area contributed by atoms with Gasteiger partial charge < -0.3 is 10.6 Å². The van der Waals surface area contributed by atoms with Crippen molar-refractivity contribution < 1.29 is 0 Å². The lowest BCUT2D eigenvalue weighted by Crippen LogP contribution is -2.19. The zero-order chi connectivity index (χ0) is 12.0. The molecular weight excluding hydrogens is 244 g/mol. The van der Waals surface area contributed by atoms with Crippen molar-refractivity contribution in [2.75, 3.05) is 29.2 Å². The first kappa shape index (κ1) is 13.4. The van der Waals surface area contributed by atoms with Crippen LogP contribution < -0.4 is 10.6 Å². The standard InChI is InChI=1S/C10H17ClN4S/c1-4-16-6-7(2)14-9-8(11)5-13-10(12-3)15-9/h5,7H,4,6H2,1-3H3,(H2,12,13,14,15). The molecule has 0 bridgehead atoms. The topological polar surface area (TPSA) is 49.8 Å². The summed E-state index contributed by atoms with van der Waals surface area (Å²) in [7, 11) is 1.78. The molecule has 2 N–H and O–H groups in total.